The first-order chi connectivity index (χ1) is 9.97. The molecule has 0 amide bonds. The summed E-state index contributed by atoms with van der Waals surface area (Å²) in [5.41, 5.74) is 2.46. The van der Waals surface area contributed by atoms with Gasteiger partial charge >= 0.3 is 5.97 Å². The van der Waals surface area contributed by atoms with Gasteiger partial charge in [0.25, 0.3) is 0 Å². The molecule has 0 spiro atoms. The second-order valence-electron chi connectivity index (χ2n) is 4.32. The lowest BCUT2D eigenvalue weighted by atomic mass is 10.2. The van der Waals surface area contributed by atoms with Crippen LogP contribution in [-0.2, 0) is 6.42 Å². The highest BCUT2D eigenvalue weighted by atomic mass is 32.1. The number of hydrogen-bond acceptors (Lipinski definition) is 6. The third-order valence-corrected chi connectivity index (χ3v) is 3.84. The molecule has 8 heteroatoms. The van der Waals surface area contributed by atoms with E-state index < -0.39 is 11.2 Å². The van der Waals surface area contributed by atoms with Crippen molar-refractivity contribution in [3.63, 3.8) is 0 Å². The Morgan fingerprint density at radius 3 is 2.81 bits per heavy atom. The number of carboxylic acids is 1. The SMILES string of the molecule is Cc1ncsc1CCOc1cc(C(=O)O)cc([NH+]([O-])O)c1. The number of thiazole rings is 1. The van der Waals surface area contributed by atoms with Gasteiger partial charge in [0.15, 0.2) is 5.69 Å². The van der Waals surface area contributed by atoms with Gasteiger partial charge < -0.3 is 15.1 Å². The van der Waals surface area contributed by atoms with E-state index in [0.717, 1.165) is 16.6 Å². The summed E-state index contributed by atoms with van der Waals surface area (Å²) in [6.45, 7) is 2.23. The van der Waals surface area contributed by atoms with E-state index in [9.17, 15) is 10.0 Å². The van der Waals surface area contributed by atoms with Crippen LogP contribution < -0.4 is 9.96 Å². The number of quaternary nitrogens is 1. The number of carbonyl (C=O) groups is 1. The summed E-state index contributed by atoms with van der Waals surface area (Å²) in [5, 5.41) is 27.7. The number of rotatable bonds is 6. The van der Waals surface area contributed by atoms with Crippen molar-refractivity contribution >= 4 is 23.0 Å². The van der Waals surface area contributed by atoms with Gasteiger partial charge in [-0.2, -0.15) is 5.23 Å². The second-order valence-corrected chi connectivity index (χ2v) is 5.26. The topological polar surface area (TPSA) is 107 Å². The maximum Gasteiger partial charge on any atom is 0.336 e. The Bertz CT molecular complexity index is 641. The molecule has 0 radical (unpaired) electrons. The van der Waals surface area contributed by atoms with Gasteiger partial charge in [0.2, 0.25) is 0 Å². The molecule has 0 fully saturated rings. The fourth-order valence-corrected chi connectivity index (χ4v) is 2.52. The van der Waals surface area contributed by atoms with E-state index in [-0.39, 0.29) is 17.0 Å². The summed E-state index contributed by atoms with van der Waals surface area (Å²) in [6.07, 6.45) is 0.635. The van der Waals surface area contributed by atoms with Gasteiger partial charge in [-0.3, -0.25) is 0 Å². The fraction of sp³-hybridized carbons (Fsp3) is 0.231. The molecular weight excluding hydrogens is 296 g/mol. The molecule has 1 aromatic carbocycles. The zero-order chi connectivity index (χ0) is 15.4. The van der Waals surface area contributed by atoms with Gasteiger partial charge in [-0.25, -0.2) is 15.0 Å². The van der Waals surface area contributed by atoms with E-state index in [0.29, 0.717) is 13.0 Å². The van der Waals surface area contributed by atoms with Gasteiger partial charge in [-0.05, 0) is 13.0 Å². The maximum absolute atomic E-state index is 11.0. The Labute approximate surface area is 124 Å². The molecule has 1 atom stereocenters. The summed E-state index contributed by atoms with van der Waals surface area (Å²) in [6, 6.07) is 3.73. The molecular formula is C13H14N2O5S. The predicted molar refractivity (Wildman–Crippen MR) is 75.2 cm³/mol. The highest BCUT2D eigenvalue weighted by molar-refractivity contribution is 7.09. The summed E-state index contributed by atoms with van der Waals surface area (Å²) < 4.78 is 5.47. The van der Waals surface area contributed by atoms with E-state index in [1.54, 1.807) is 5.51 Å². The number of nitrogens with zero attached hydrogens (tertiary/aromatic N) is 1. The van der Waals surface area contributed by atoms with E-state index in [4.69, 9.17) is 15.1 Å². The van der Waals surface area contributed by atoms with E-state index in [1.165, 1.54) is 23.5 Å². The molecule has 1 aromatic heterocycles. The summed E-state index contributed by atoms with van der Waals surface area (Å²) in [5.74, 6) is -0.962. The van der Waals surface area contributed by atoms with Crippen LogP contribution in [0, 0.1) is 12.1 Å². The average Bonchev–Trinajstić information content (AvgIpc) is 2.84. The zero-order valence-electron chi connectivity index (χ0n) is 11.2. The maximum atomic E-state index is 11.0. The van der Waals surface area contributed by atoms with Gasteiger partial charge in [0.05, 0.1) is 23.4 Å². The van der Waals surface area contributed by atoms with Gasteiger partial charge in [0.1, 0.15) is 5.75 Å². The summed E-state index contributed by atoms with van der Waals surface area (Å²) in [4.78, 5) is 16.2. The molecule has 0 saturated heterocycles. The van der Waals surface area contributed by atoms with Crippen LogP contribution in [0.4, 0.5) is 5.69 Å². The molecule has 112 valence electrons. The Morgan fingerprint density at radius 2 is 2.24 bits per heavy atom. The van der Waals surface area contributed by atoms with Crippen LogP contribution in [0.3, 0.4) is 0 Å². The van der Waals surface area contributed by atoms with Crippen molar-refractivity contribution in [3.05, 3.63) is 45.1 Å². The minimum atomic E-state index is -1.19. The quantitative estimate of drug-likeness (QED) is 0.691. The highest BCUT2D eigenvalue weighted by Crippen LogP contribution is 2.20. The highest BCUT2D eigenvalue weighted by Gasteiger charge is 2.12. The van der Waals surface area contributed by atoms with Crippen molar-refractivity contribution < 1.29 is 25.1 Å². The lowest BCUT2D eigenvalue weighted by Crippen LogP contribution is -2.99. The smallest absolute Gasteiger partial charge is 0.336 e. The number of carboxylic acid groups (broad SMARTS) is 1. The van der Waals surface area contributed by atoms with E-state index in [2.05, 4.69) is 4.98 Å². The summed E-state index contributed by atoms with van der Waals surface area (Å²) >= 11 is 1.52. The molecule has 2 rings (SSSR count). The third-order valence-electron chi connectivity index (χ3n) is 2.84. The lowest BCUT2D eigenvalue weighted by molar-refractivity contribution is -0.991. The van der Waals surface area contributed by atoms with Crippen LogP contribution in [0.1, 0.15) is 20.9 Å². The van der Waals surface area contributed by atoms with Crippen LogP contribution in [0.2, 0.25) is 0 Å². The van der Waals surface area contributed by atoms with E-state index in [1.807, 2.05) is 6.92 Å². The Hall–Kier alpha value is -2.00. The first kappa shape index (κ1) is 15.4. The minimum Gasteiger partial charge on any atom is -0.595 e. The van der Waals surface area contributed by atoms with Crippen LogP contribution in [0.5, 0.6) is 5.75 Å². The number of aryl methyl sites for hydroxylation is 1. The van der Waals surface area contributed by atoms with Crippen molar-refractivity contribution in [1.82, 2.24) is 4.98 Å². The summed E-state index contributed by atoms with van der Waals surface area (Å²) in [7, 11) is 0. The molecule has 0 aliphatic rings. The van der Waals surface area contributed by atoms with Crippen LogP contribution in [-0.4, -0.2) is 27.9 Å². The normalized spacial score (nSPS) is 12.1. The molecule has 2 aromatic rings. The molecule has 1 heterocycles. The molecule has 7 nitrogen and oxygen atoms in total. The minimum absolute atomic E-state index is 0.112. The number of aromatic carboxylic acids is 1. The Balaban J connectivity index is 2.08. The molecule has 0 aliphatic heterocycles. The lowest BCUT2D eigenvalue weighted by Gasteiger charge is -2.14. The van der Waals surface area contributed by atoms with Crippen molar-refractivity contribution in [2.24, 2.45) is 0 Å². The number of benzene rings is 1. The molecule has 0 bridgehead atoms. The molecule has 21 heavy (non-hydrogen) atoms. The standard InChI is InChI=1S/C13H14N2O5S/c1-8-12(21-7-14-8)2-3-20-11-5-9(13(16)17)4-10(6-11)15(18)19/h4-7,15,18H,2-3H2,1H3,(H,16,17). The molecule has 0 saturated carbocycles. The molecule has 1 unspecified atom stereocenters. The van der Waals surface area contributed by atoms with Crippen LogP contribution >= 0.6 is 11.3 Å². The third kappa shape index (κ3) is 3.99. The van der Waals surface area contributed by atoms with Crippen LogP contribution in [0.25, 0.3) is 0 Å². The Morgan fingerprint density at radius 1 is 1.48 bits per heavy atom. The Kier molecular flexibility index (Phi) is 4.86. The monoisotopic (exact) mass is 310 g/mol. The van der Waals surface area contributed by atoms with Crippen molar-refractivity contribution in [1.29, 1.82) is 0 Å². The van der Waals surface area contributed by atoms with Crippen molar-refractivity contribution in [3.8, 4) is 5.75 Å². The average molecular weight is 310 g/mol. The first-order valence-corrected chi connectivity index (χ1v) is 6.99. The molecule has 3 N–H and O–H groups in total. The number of nitrogens with one attached hydrogen (secondary N) is 1. The second kappa shape index (κ2) is 6.64. The first-order valence-electron chi connectivity index (χ1n) is 6.11. The van der Waals surface area contributed by atoms with Gasteiger partial charge in [-0.15, -0.1) is 11.3 Å². The van der Waals surface area contributed by atoms with Gasteiger partial charge in [0, 0.05) is 23.4 Å². The predicted octanol–water partition coefficient (Wildman–Crippen LogP) is 1.17. The fourth-order valence-electron chi connectivity index (χ4n) is 1.76. The van der Waals surface area contributed by atoms with Crippen molar-refractivity contribution in [2.75, 3.05) is 6.61 Å². The molecule has 0 aliphatic carbocycles. The zero-order valence-corrected chi connectivity index (χ0v) is 12.0. The van der Waals surface area contributed by atoms with E-state index >= 15 is 0 Å². The number of ether oxygens (including phenoxy) is 1. The van der Waals surface area contributed by atoms with Gasteiger partial charge in [-0.1, -0.05) is 0 Å². The number of aromatic nitrogens is 1. The number of hydrogen-bond donors (Lipinski definition) is 3. The van der Waals surface area contributed by atoms with Crippen LogP contribution in [0.15, 0.2) is 23.7 Å². The largest absolute Gasteiger partial charge is 0.595 e. The van der Waals surface area contributed by atoms with Crippen molar-refractivity contribution in [2.45, 2.75) is 13.3 Å².